The van der Waals surface area contributed by atoms with Crippen LogP contribution >= 0.6 is 45.9 Å². The normalized spacial score (nSPS) is 15.1. The van der Waals surface area contributed by atoms with Crippen molar-refractivity contribution in [3.05, 3.63) is 111 Å². The molecule has 4 aromatic rings. The molecule has 3 heterocycles. The van der Waals surface area contributed by atoms with Crippen LogP contribution in [0.25, 0.3) is 6.08 Å². The fraction of sp³-hybridized carbons (Fsp3) is 0.111. The van der Waals surface area contributed by atoms with Gasteiger partial charge >= 0.3 is 5.97 Å². The van der Waals surface area contributed by atoms with Crippen LogP contribution in [0.3, 0.4) is 0 Å². The van der Waals surface area contributed by atoms with Crippen molar-refractivity contribution in [3.8, 4) is 5.75 Å². The molecule has 0 aliphatic carbocycles. The molecule has 39 heavy (non-hydrogen) atoms. The van der Waals surface area contributed by atoms with Crippen LogP contribution < -0.4 is 24.9 Å². The van der Waals surface area contributed by atoms with E-state index in [2.05, 4.69) is 10.3 Å². The summed E-state index contributed by atoms with van der Waals surface area (Å²) < 4.78 is 7.06. The highest BCUT2D eigenvalue weighted by Crippen LogP contribution is 2.35. The van der Waals surface area contributed by atoms with E-state index in [0.29, 0.717) is 31.9 Å². The van der Waals surface area contributed by atoms with Crippen molar-refractivity contribution in [3.63, 3.8) is 0 Å². The van der Waals surface area contributed by atoms with E-state index >= 15 is 0 Å². The van der Waals surface area contributed by atoms with Crippen molar-refractivity contribution in [1.29, 1.82) is 0 Å². The number of aromatic nitrogens is 1. The van der Waals surface area contributed by atoms with Crippen molar-refractivity contribution >= 4 is 69.5 Å². The summed E-state index contributed by atoms with van der Waals surface area (Å²) >= 11 is 15.2. The third kappa shape index (κ3) is 5.55. The molecule has 2 aromatic carbocycles. The molecule has 0 unspecified atom stereocenters. The maximum absolute atomic E-state index is 13.7. The molecule has 0 spiro atoms. The van der Waals surface area contributed by atoms with Gasteiger partial charge in [-0.15, -0.1) is 11.3 Å². The number of thiazole rings is 1. The van der Waals surface area contributed by atoms with Crippen molar-refractivity contribution in [2.45, 2.75) is 13.0 Å². The number of amides is 1. The molecule has 1 aliphatic rings. The number of anilines is 1. The molecular formula is C27H19Cl2N3O5S2. The lowest BCUT2D eigenvalue weighted by molar-refractivity contribution is -0.139. The SMILES string of the molecule is CC1=C(C(=O)Nc2ccccc2)[C@H](c2cccs2)n2c(s/c(=C\c3cc(Cl)c(OCC(=O)O)c(Cl)c3)c2=O)=N1. The third-order valence-corrected chi connectivity index (χ3v) is 8.24. The first-order chi connectivity index (χ1) is 18.7. The number of ether oxygens (including phenoxy) is 1. The molecular weight excluding hydrogens is 581 g/mol. The zero-order valence-electron chi connectivity index (χ0n) is 20.2. The zero-order chi connectivity index (χ0) is 27.7. The van der Waals surface area contributed by atoms with Crippen molar-refractivity contribution in [2.24, 2.45) is 4.99 Å². The summed E-state index contributed by atoms with van der Waals surface area (Å²) in [6, 6.07) is 15.2. The highest BCUT2D eigenvalue weighted by molar-refractivity contribution is 7.10. The minimum atomic E-state index is -1.17. The number of rotatable bonds is 7. The Labute approximate surface area is 239 Å². The predicted molar refractivity (Wildman–Crippen MR) is 153 cm³/mol. The van der Waals surface area contributed by atoms with Crippen LogP contribution in [-0.4, -0.2) is 28.2 Å². The summed E-state index contributed by atoms with van der Waals surface area (Å²) in [5, 5.41) is 13.9. The van der Waals surface area contributed by atoms with Gasteiger partial charge in [-0.25, -0.2) is 9.79 Å². The molecule has 0 radical (unpaired) electrons. The van der Waals surface area contributed by atoms with Gasteiger partial charge in [0.05, 0.1) is 25.8 Å². The van der Waals surface area contributed by atoms with Crippen LogP contribution in [0.5, 0.6) is 5.75 Å². The van der Waals surface area contributed by atoms with Crippen molar-refractivity contribution in [1.82, 2.24) is 4.57 Å². The van der Waals surface area contributed by atoms with Crippen molar-refractivity contribution in [2.75, 3.05) is 11.9 Å². The van der Waals surface area contributed by atoms with Crippen LogP contribution in [0.15, 0.2) is 81.0 Å². The number of hydrogen-bond donors (Lipinski definition) is 2. The summed E-state index contributed by atoms with van der Waals surface area (Å²) in [4.78, 5) is 44.0. The van der Waals surface area contributed by atoms with Crippen LogP contribution in [0.4, 0.5) is 5.69 Å². The van der Waals surface area contributed by atoms with Crippen molar-refractivity contribution < 1.29 is 19.4 Å². The Bertz CT molecular complexity index is 1770. The number of nitrogens with one attached hydrogen (secondary N) is 1. The molecule has 2 N–H and O–H groups in total. The van der Waals surface area contributed by atoms with Gasteiger partial charge in [0.25, 0.3) is 11.5 Å². The van der Waals surface area contributed by atoms with Gasteiger partial charge in [-0.3, -0.25) is 14.2 Å². The van der Waals surface area contributed by atoms with Gasteiger partial charge in [0.1, 0.15) is 6.04 Å². The van der Waals surface area contributed by atoms with E-state index in [1.807, 2.05) is 35.7 Å². The Morgan fingerprint density at radius 1 is 1.15 bits per heavy atom. The number of aliphatic carboxylic acids is 1. The average molecular weight is 601 g/mol. The largest absolute Gasteiger partial charge is 0.479 e. The smallest absolute Gasteiger partial charge is 0.341 e. The molecule has 1 aliphatic heterocycles. The van der Waals surface area contributed by atoms with E-state index in [-0.39, 0.29) is 27.3 Å². The van der Waals surface area contributed by atoms with Gasteiger partial charge in [0, 0.05) is 10.6 Å². The summed E-state index contributed by atoms with van der Waals surface area (Å²) in [5.41, 5.74) is 1.72. The molecule has 198 valence electrons. The summed E-state index contributed by atoms with van der Waals surface area (Å²) in [6.07, 6.45) is 1.62. The summed E-state index contributed by atoms with van der Waals surface area (Å²) in [7, 11) is 0. The maximum Gasteiger partial charge on any atom is 0.341 e. The maximum atomic E-state index is 13.7. The Hall–Kier alpha value is -3.70. The first kappa shape index (κ1) is 26.9. The lowest BCUT2D eigenvalue weighted by atomic mass is 10.0. The first-order valence-electron chi connectivity index (χ1n) is 11.5. The topological polar surface area (TPSA) is 110 Å². The average Bonchev–Trinajstić information content (AvgIpc) is 3.52. The van der Waals surface area contributed by atoms with Crippen LogP contribution in [0.2, 0.25) is 10.0 Å². The van der Waals surface area contributed by atoms with E-state index < -0.39 is 18.6 Å². The van der Waals surface area contributed by atoms with Crippen LogP contribution in [-0.2, 0) is 9.59 Å². The van der Waals surface area contributed by atoms with Crippen LogP contribution in [0.1, 0.15) is 23.4 Å². The van der Waals surface area contributed by atoms with E-state index in [0.717, 1.165) is 4.88 Å². The van der Waals surface area contributed by atoms with Gasteiger partial charge in [-0.2, -0.15) is 0 Å². The molecule has 1 atom stereocenters. The third-order valence-electron chi connectivity index (χ3n) is 5.77. The number of carbonyl (C=O) groups is 2. The lowest BCUT2D eigenvalue weighted by Gasteiger charge is -2.24. The van der Waals surface area contributed by atoms with E-state index in [4.69, 9.17) is 33.0 Å². The number of para-hydroxylation sites is 1. The summed E-state index contributed by atoms with van der Waals surface area (Å²) in [6.45, 7) is 1.16. The highest BCUT2D eigenvalue weighted by atomic mass is 35.5. The number of halogens is 2. The fourth-order valence-corrected chi connectivity index (χ4v) is 6.62. The Morgan fingerprint density at radius 2 is 1.87 bits per heavy atom. The quantitative estimate of drug-likeness (QED) is 0.320. The molecule has 0 bridgehead atoms. The number of hydrogen-bond acceptors (Lipinski definition) is 7. The molecule has 0 fully saturated rings. The number of fused-ring (bicyclic) bond motifs is 1. The molecule has 5 rings (SSSR count). The van der Waals surface area contributed by atoms with Crippen LogP contribution in [0, 0.1) is 0 Å². The minimum Gasteiger partial charge on any atom is -0.479 e. The predicted octanol–water partition coefficient (Wildman–Crippen LogP) is 4.71. The molecule has 12 heteroatoms. The van der Waals surface area contributed by atoms with Gasteiger partial charge in [0.2, 0.25) is 0 Å². The number of carboxylic acid groups (broad SMARTS) is 1. The van der Waals surface area contributed by atoms with Gasteiger partial charge in [0.15, 0.2) is 17.2 Å². The van der Waals surface area contributed by atoms with E-state index in [1.54, 1.807) is 25.1 Å². The summed E-state index contributed by atoms with van der Waals surface area (Å²) in [5.74, 6) is -1.47. The Morgan fingerprint density at radius 3 is 2.51 bits per heavy atom. The molecule has 0 saturated carbocycles. The highest BCUT2D eigenvalue weighted by Gasteiger charge is 2.33. The van der Waals surface area contributed by atoms with Gasteiger partial charge in [-0.05, 0) is 54.3 Å². The molecule has 8 nitrogen and oxygen atoms in total. The Balaban J connectivity index is 1.59. The first-order valence-corrected chi connectivity index (χ1v) is 13.9. The number of thiophene rings is 1. The fourth-order valence-electron chi connectivity index (χ4n) is 4.13. The second-order valence-electron chi connectivity index (χ2n) is 8.41. The second kappa shape index (κ2) is 11.2. The molecule has 1 amide bonds. The number of allylic oxidation sites excluding steroid dienone is 1. The molecule has 2 aromatic heterocycles. The lowest BCUT2D eigenvalue weighted by Crippen LogP contribution is -2.40. The second-order valence-corrected chi connectivity index (χ2v) is 11.2. The minimum absolute atomic E-state index is 0.0433. The number of carbonyl (C=O) groups excluding carboxylic acids is 1. The van der Waals surface area contributed by atoms with Gasteiger partial charge in [-0.1, -0.05) is 58.8 Å². The zero-order valence-corrected chi connectivity index (χ0v) is 23.3. The monoisotopic (exact) mass is 599 g/mol. The number of carboxylic acids is 1. The number of nitrogens with zero attached hydrogens (tertiary/aromatic N) is 2. The molecule has 0 saturated heterocycles. The van der Waals surface area contributed by atoms with E-state index in [1.165, 1.54) is 39.4 Å². The Kier molecular flexibility index (Phi) is 7.72. The standard InChI is InChI=1S/C27H19Cl2N3O5S2/c1-14-22(25(35)31-16-6-3-2-4-7-16)23(19-8-5-9-38-19)32-26(36)20(39-27(32)30-14)12-15-10-17(28)24(18(29)11-15)37-13-21(33)34/h2-12,23H,13H2,1H3,(H,31,35)(H,33,34)/b20-12-/t23-/m0/s1. The van der Waals surface area contributed by atoms with Gasteiger partial charge < -0.3 is 15.2 Å². The number of benzene rings is 2. The van der Waals surface area contributed by atoms with E-state index in [9.17, 15) is 14.4 Å².